The zero-order valence-electron chi connectivity index (χ0n) is 21.9. The predicted octanol–water partition coefficient (Wildman–Crippen LogP) is 4.70. The molecule has 4 aromatic rings. The van der Waals surface area contributed by atoms with Gasteiger partial charge in [-0.1, -0.05) is 12.1 Å². The quantitative estimate of drug-likeness (QED) is 0.207. The van der Waals surface area contributed by atoms with E-state index in [0.717, 1.165) is 11.7 Å². The highest BCUT2D eigenvalue weighted by Crippen LogP contribution is 2.40. The number of benzene rings is 3. The van der Waals surface area contributed by atoms with Gasteiger partial charge in [0.1, 0.15) is 11.0 Å². The molecule has 1 N–H and O–H groups in total. The van der Waals surface area contributed by atoms with Crippen LogP contribution in [0.2, 0.25) is 0 Å². The molecule has 0 bridgehead atoms. The van der Waals surface area contributed by atoms with Gasteiger partial charge in [-0.25, -0.2) is 4.79 Å². The Hall–Kier alpha value is -4.64. The van der Waals surface area contributed by atoms with Crippen LogP contribution in [-0.4, -0.2) is 61.2 Å². The Labute approximate surface area is 228 Å². The van der Waals surface area contributed by atoms with Crippen molar-refractivity contribution in [2.75, 3.05) is 35.5 Å². The van der Waals surface area contributed by atoms with Crippen molar-refractivity contribution in [3.63, 3.8) is 0 Å². The molecule has 1 heterocycles. The van der Waals surface area contributed by atoms with E-state index < -0.39 is 11.8 Å². The van der Waals surface area contributed by atoms with Crippen molar-refractivity contribution in [1.29, 1.82) is 0 Å². The Bertz CT molecular complexity index is 1550. The number of carboxylic acid groups (broad SMARTS) is 1. The molecular formula is C28H26N2O8S. The highest BCUT2D eigenvalue weighted by Gasteiger charge is 2.27. The lowest BCUT2D eigenvalue weighted by Gasteiger charge is -2.17. The van der Waals surface area contributed by atoms with Gasteiger partial charge in [0, 0.05) is 17.6 Å². The Kier molecular flexibility index (Phi) is 8.30. The summed E-state index contributed by atoms with van der Waals surface area (Å²) in [5, 5.41) is 10.4. The number of allylic oxidation sites excluding steroid dienone is 1. The van der Waals surface area contributed by atoms with Crippen molar-refractivity contribution < 1.29 is 38.4 Å². The van der Waals surface area contributed by atoms with Gasteiger partial charge in [0.25, 0.3) is 0 Å². The van der Waals surface area contributed by atoms with Crippen LogP contribution in [0.4, 0.5) is 0 Å². The number of hydrogen-bond acceptors (Lipinski definition) is 10. The highest BCUT2D eigenvalue weighted by molar-refractivity contribution is 7.00. The second-order valence-corrected chi connectivity index (χ2v) is 8.76. The zero-order valence-corrected chi connectivity index (χ0v) is 22.8. The first kappa shape index (κ1) is 27.4. The second kappa shape index (κ2) is 11.8. The van der Waals surface area contributed by atoms with E-state index in [2.05, 4.69) is 8.75 Å². The molecule has 39 heavy (non-hydrogen) atoms. The fraction of sp³-hybridized carbons (Fsp3) is 0.214. The lowest BCUT2D eigenvalue weighted by molar-refractivity contribution is -0.130. The van der Waals surface area contributed by atoms with Gasteiger partial charge in [-0.3, -0.25) is 4.79 Å². The molecule has 1 aromatic heterocycles. The van der Waals surface area contributed by atoms with E-state index in [1.807, 2.05) is 0 Å². The van der Waals surface area contributed by atoms with Crippen molar-refractivity contribution >= 4 is 40.1 Å². The van der Waals surface area contributed by atoms with E-state index in [9.17, 15) is 14.7 Å². The monoisotopic (exact) mass is 550 g/mol. The number of ketones is 1. The van der Waals surface area contributed by atoms with Crippen molar-refractivity contribution in [2.24, 2.45) is 0 Å². The van der Waals surface area contributed by atoms with Gasteiger partial charge in [0.2, 0.25) is 5.75 Å². The van der Waals surface area contributed by atoms with Crippen LogP contribution >= 0.6 is 11.7 Å². The number of fused-ring (bicyclic) bond motifs is 1. The summed E-state index contributed by atoms with van der Waals surface area (Å²) in [5.74, 6) is -0.0206. The molecule has 0 saturated heterocycles. The van der Waals surface area contributed by atoms with Crippen molar-refractivity contribution in [2.45, 2.75) is 6.42 Å². The Balaban J connectivity index is 1.96. The van der Waals surface area contributed by atoms with E-state index >= 15 is 0 Å². The summed E-state index contributed by atoms with van der Waals surface area (Å²) in [4.78, 5) is 26.9. The average Bonchev–Trinajstić information content (AvgIpc) is 3.43. The number of methoxy groups -OCH3 is 5. The van der Waals surface area contributed by atoms with Gasteiger partial charge in [-0.2, -0.15) is 8.75 Å². The molecule has 3 aromatic carbocycles. The first-order chi connectivity index (χ1) is 18.8. The van der Waals surface area contributed by atoms with Crippen LogP contribution in [0, 0.1) is 0 Å². The number of ether oxygens (including phenoxy) is 5. The summed E-state index contributed by atoms with van der Waals surface area (Å²) in [7, 11) is 7.34. The van der Waals surface area contributed by atoms with Gasteiger partial charge in [-0.05, 0) is 47.5 Å². The number of nitrogens with zero attached hydrogens (tertiary/aromatic N) is 2. The van der Waals surface area contributed by atoms with E-state index in [1.165, 1.54) is 47.7 Å². The fourth-order valence-corrected chi connectivity index (χ4v) is 4.75. The number of carbonyl (C=O) groups is 2. The second-order valence-electron chi connectivity index (χ2n) is 8.24. The average molecular weight is 551 g/mol. The van der Waals surface area contributed by atoms with Crippen molar-refractivity contribution in [3.8, 4) is 28.7 Å². The van der Waals surface area contributed by atoms with E-state index in [0.29, 0.717) is 39.4 Å². The zero-order chi connectivity index (χ0) is 28.1. The topological polar surface area (TPSA) is 126 Å². The highest BCUT2D eigenvalue weighted by atomic mass is 32.1. The molecule has 0 fully saturated rings. The first-order valence-electron chi connectivity index (χ1n) is 11.6. The molecule has 0 aliphatic carbocycles. The third-order valence-corrected chi connectivity index (χ3v) is 6.64. The van der Waals surface area contributed by atoms with Crippen LogP contribution in [-0.2, 0) is 11.2 Å². The summed E-state index contributed by atoms with van der Waals surface area (Å²) in [6.07, 6.45) is -0.0230. The molecule has 202 valence electrons. The maximum absolute atomic E-state index is 14.1. The summed E-state index contributed by atoms with van der Waals surface area (Å²) in [6.45, 7) is 0. The molecule has 0 radical (unpaired) electrons. The lowest BCUT2D eigenvalue weighted by Crippen LogP contribution is -2.14. The maximum atomic E-state index is 14.1. The van der Waals surface area contributed by atoms with Crippen LogP contribution in [0.1, 0.15) is 21.5 Å². The number of aliphatic carboxylic acids is 1. The maximum Gasteiger partial charge on any atom is 0.336 e. The lowest BCUT2D eigenvalue weighted by atomic mass is 9.89. The number of carboxylic acids is 1. The van der Waals surface area contributed by atoms with Crippen LogP contribution in [0.15, 0.2) is 54.1 Å². The summed E-state index contributed by atoms with van der Waals surface area (Å²) in [5.41, 5.74) is 2.14. The smallest absolute Gasteiger partial charge is 0.336 e. The van der Waals surface area contributed by atoms with Crippen LogP contribution in [0.3, 0.4) is 0 Å². The van der Waals surface area contributed by atoms with E-state index in [1.54, 1.807) is 36.4 Å². The van der Waals surface area contributed by atoms with Crippen molar-refractivity contribution in [1.82, 2.24) is 8.75 Å². The first-order valence-corrected chi connectivity index (χ1v) is 12.3. The van der Waals surface area contributed by atoms with Gasteiger partial charge in [-0.15, -0.1) is 0 Å². The largest absolute Gasteiger partial charge is 0.493 e. The fourth-order valence-electron chi connectivity index (χ4n) is 4.23. The minimum Gasteiger partial charge on any atom is -0.493 e. The van der Waals surface area contributed by atoms with Crippen LogP contribution < -0.4 is 23.7 Å². The van der Waals surface area contributed by atoms with Crippen molar-refractivity contribution in [3.05, 3.63) is 70.8 Å². The summed E-state index contributed by atoms with van der Waals surface area (Å²) in [6, 6.07) is 13.0. The third kappa shape index (κ3) is 5.48. The SMILES string of the molecule is COc1ccc(C/C(C(=O)c2cc(OC)c(OC)c(OC)c2)=C(\C(=O)O)c2ccc3nsnc3c2)cc1OC. The number of hydrogen-bond donors (Lipinski definition) is 1. The molecular weight excluding hydrogens is 524 g/mol. The van der Waals surface area contributed by atoms with E-state index in [4.69, 9.17) is 23.7 Å². The molecule has 11 heteroatoms. The molecule has 4 rings (SSSR count). The van der Waals surface area contributed by atoms with Gasteiger partial charge in [0.15, 0.2) is 28.8 Å². The Morgan fingerprint density at radius 2 is 1.36 bits per heavy atom. The summed E-state index contributed by atoms with van der Waals surface area (Å²) < 4.78 is 35.4. The van der Waals surface area contributed by atoms with Gasteiger partial charge >= 0.3 is 5.97 Å². The molecule has 0 aliphatic rings. The van der Waals surface area contributed by atoms with Gasteiger partial charge in [0.05, 0.1) is 52.9 Å². The molecule has 0 atom stereocenters. The normalized spacial score (nSPS) is 11.5. The Morgan fingerprint density at radius 3 is 1.95 bits per heavy atom. The molecule has 0 saturated carbocycles. The third-order valence-electron chi connectivity index (χ3n) is 6.09. The predicted molar refractivity (Wildman–Crippen MR) is 146 cm³/mol. The van der Waals surface area contributed by atoms with Gasteiger partial charge < -0.3 is 28.8 Å². The summed E-state index contributed by atoms with van der Waals surface area (Å²) >= 11 is 1.02. The van der Waals surface area contributed by atoms with Crippen LogP contribution in [0.25, 0.3) is 16.6 Å². The minimum absolute atomic E-state index is 0.0230. The molecule has 0 unspecified atom stereocenters. The molecule has 0 aliphatic heterocycles. The Morgan fingerprint density at radius 1 is 0.718 bits per heavy atom. The number of carbonyl (C=O) groups excluding carboxylic acids is 1. The number of rotatable bonds is 11. The number of aromatic nitrogens is 2. The van der Waals surface area contributed by atoms with E-state index in [-0.39, 0.29) is 34.6 Å². The molecule has 10 nitrogen and oxygen atoms in total. The standard InChI is InChI=1S/C28H26N2O8S/c1-34-21-9-6-15(11-22(21)35-2)10-18(25(28(32)33)16-7-8-19-20(12-16)30-39-29-19)26(31)17-13-23(36-3)27(38-5)24(14-17)37-4/h6-9,11-14H,10H2,1-5H3,(H,32,33)/b25-18+. The molecule has 0 amide bonds. The minimum atomic E-state index is -1.27. The van der Waals surface area contributed by atoms with Crippen LogP contribution in [0.5, 0.6) is 28.7 Å². The number of Topliss-reactive ketones (excluding diaryl/α,β-unsaturated/α-hetero) is 1. The molecule has 0 spiro atoms.